The van der Waals surface area contributed by atoms with Crippen LogP contribution < -0.4 is 0 Å². The van der Waals surface area contributed by atoms with Gasteiger partial charge in [0.1, 0.15) is 0 Å². The van der Waals surface area contributed by atoms with Gasteiger partial charge >= 0.3 is 5.97 Å². The van der Waals surface area contributed by atoms with E-state index in [1.165, 1.54) is 0 Å². The number of nitrogens with zero attached hydrogens (tertiary/aromatic N) is 1. The number of benzene rings is 1. The topological polar surface area (TPSA) is 66.0 Å². The van der Waals surface area contributed by atoms with Crippen molar-refractivity contribution in [3.63, 3.8) is 0 Å². The van der Waals surface area contributed by atoms with Crippen LogP contribution in [0.2, 0.25) is 0 Å². The zero-order valence-corrected chi connectivity index (χ0v) is 9.95. The van der Waals surface area contributed by atoms with Crippen LogP contribution in [0.25, 0.3) is 17.0 Å². The molecule has 2 N–H and O–H groups in total. The van der Waals surface area contributed by atoms with Crippen LogP contribution in [-0.2, 0) is 0 Å². The first-order valence-electron chi connectivity index (χ1n) is 5.21. The average Bonchev–Trinajstić information content (AvgIpc) is 2.72. The fourth-order valence-electron chi connectivity index (χ4n) is 1.59. The Kier molecular flexibility index (Phi) is 3.49. The summed E-state index contributed by atoms with van der Waals surface area (Å²) in [5.41, 5.74) is 1.75. The Morgan fingerprint density at radius 2 is 2.35 bits per heavy atom. The Balaban J connectivity index is 2.41. The van der Waals surface area contributed by atoms with Crippen LogP contribution in [0.15, 0.2) is 24.3 Å². The van der Waals surface area contributed by atoms with E-state index in [-0.39, 0.29) is 5.69 Å². The number of aromatic carboxylic acids is 1. The fourth-order valence-corrected chi connectivity index (χ4v) is 1.74. The van der Waals surface area contributed by atoms with Crippen LogP contribution in [0.1, 0.15) is 22.5 Å². The molecular weight excluding hydrogens is 236 g/mol. The Bertz CT molecular complexity index is 575. The number of nitrogens with one attached hydrogen (secondary N) is 1. The van der Waals surface area contributed by atoms with Gasteiger partial charge in [-0.15, -0.1) is 0 Å². The van der Waals surface area contributed by atoms with Crippen molar-refractivity contribution in [1.82, 2.24) is 10.2 Å². The van der Waals surface area contributed by atoms with Crippen LogP contribution in [-0.4, -0.2) is 27.0 Å². The number of hydrogen-bond donors (Lipinski definition) is 3. The van der Waals surface area contributed by atoms with E-state index >= 15 is 0 Å². The molecule has 0 aliphatic heterocycles. The predicted molar refractivity (Wildman–Crippen MR) is 70.6 cm³/mol. The van der Waals surface area contributed by atoms with Gasteiger partial charge in [0.25, 0.3) is 0 Å². The Hall–Kier alpha value is -1.75. The van der Waals surface area contributed by atoms with Gasteiger partial charge < -0.3 is 5.11 Å². The maximum Gasteiger partial charge on any atom is 0.357 e. The van der Waals surface area contributed by atoms with Crippen molar-refractivity contribution in [1.29, 1.82) is 0 Å². The van der Waals surface area contributed by atoms with E-state index in [4.69, 9.17) is 5.11 Å². The summed E-state index contributed by atoms with van der Waals surface area (Å²) in [4.78, 5) is 10.9. The first kappa shape index (κ1) is 11.7. The standard InChI is InChI=1S/C12H12N2O2S/c15-12(16)11-9-7-8(3-1-2-6-17)4-5-10(9)13-14-11/h1,3-5,7,17H,2,6H2,(H,13,14)(H,15,16). The van der Waals surface area contributed by atoms with Gasteiger partial charge in [-0.2, -0.15) is 17.7 Å². The zero-order valence-electron chi connectivity index (χ0n) is 9.05. The highest BCUT2D eigenvalue weighted by atomic mass is 32.1. The molecule has 0 amide bonds. The van der Waals surface area contributed by atoms with Gasteiger partial charge in [0, 0.05) is 5.39 Å². The number of carbonyl (C=O) groups is 1. The van der Waals surface area contributed by atoms with Gasteiger partial charge in [-0.25, -0.2) is 4.79 Å². The Labute approximate surface area is 104 Å². The number of hydrogen-bond acceptors (Lipinski definition) is 3. The molecule has 0 saturated heterocycles. The minimum atomic E-state index is -1.02. The van der Waals surface area contributed by atoms with Crippen molar-refractivity contribution in [2.45, 2.75) is 6.42 Å². The van der Waals surface area contributed by atoms with E-state index in [1.54, 1.807) is 0 Å². The van der Waals surface area contributed by atoms with Crippen molar-refractivity contribution in [3.05, 3.63) is 35.5 Å². The first-order valence-corrected chi connectivity index (χ1v) is 5.84. The normalized spacial score (nSPS) is 11.4. The van der Waals surface area contributed by atoms with Gasteiger partial charge in [0.15, 0.2) is 5.69 Å². The van der Waals surface area contributed by atoms with Crippen LogP contribution in [0, 0.1) is 0 Å². The quantitative estimate of drug-likeness (QED) is 0.729. The minimum absolute atomic E-state index is 0.0597. The molecule has 0 atom stereocenters. The largest absolute Gasteiger partial charge is 0.476 e. The van der Waals surface area contributed by atoms with Gasteiger partial charge in [-0.3, -0.25) is 5.10 Å². The molecule has 0 aliphatic carbocycles. The highest BCUT2D eigenvalue weighted by Gasteiger charge is 2.12. The lowest BCUT2D eigenvalue weighted by molar-refractivity contribution is 0.0692. The van der Waals surface area contributed by atoms with E-state index in [1.807, 2.05) is 30.4 Å². The van der Waals surface area contributed by atoms with E-state index in [0.29, 0.717) is 5.39 Å². The maximum absolute atomic E-state index is 10.9. The second kappa shape index (κ2) is 5.05. The molecule has 1 aromatic heterocycles. The summed E-state index contributed by atoms with van der Waals surface area (Å²) in [6.45, 7) is 0. The molecule has 0 unspecified atom stereocenters. The van der Waals surface area contributed by atoms with Crippen molar-refractivity contribution in [3.8, 4) is 0 Å². The van der Waals surface area contributed by atoms with Gasteiger partial charge in [0.2, 0.25) is 0 Å². The summed E-state index contributed by atoms with van der Waals surface area (Å²) in [5, 5.41) is 16.1. The molecule has 0 aliphatic rings. The number of aromatic amines is 1. The lowest BCUT2D eigenvalue weighted by Gasteiger charge is -1.95. The molecular formula is C12H12N2O2S. The number of allylic oxidation sites excluding steroid dienone is 1. The smallest absolute Gasteiger partial charge is 0.357 e. The molecule has 88 valence electrons. The third-order valence-electron chi connectivity index (χ3n) is 2.40. The van der Waals surface area contributed by atoms with Crippen LogP contribution in [0.3, 0.4) is 0 Å². The molecule has 1 heterocycles. The number of fused-ring (bicyclic) bond motifs is 1. The molecule has 5 heteroatoms. The van der Waals surface area contributed by atoms with Crippen LogP contribution in [0.5, 0.6) is 0 Å². The molecule has 0 radical (unpaired) electrons. The molecule has 0 spiro atoms. The van der Waals surface area contributed by atoms with E-state index in [0.717, 1.165) is 23.3 Å². The summed E-state index contributed by atoms with van der Waals surface area (Å²) in [6.07, 6.45) is 4.85. The Morgan fingerprint density at radius 1 is 1.53 bits per heavy atom. The third kappa shape index (κ3) is 2.50. The monoisotopic (exact) mass is 248 g/mol. The van der Waals surface area contributed by atoms with Crippen molar-refractivity contribution in [2.24, 2.45) is 0 Å². The van der Waals surface area contributed by atoms with E-state index < -0.39 is 5.97 Å². The molecule has 2 rings (SSSR count). The van der Waals surface area contributed by atoms with Gasteiger partial charge in [-0.1, -0.05) is 18.2 Å². The van der Waals surface area contributed by atoms with Crippen LogP contribution in [0.4, 0.5) is 0 Å². The lowest BCUT2D eigenvalue weighted by atomic mass is 10.1. The first-order chi connectivity index (χ1) is 8.22. The van der Waals surface area contributed by atoms with Gasteiger partial charge in [0.05, 0.1) is 5.52 Å². The molecule has 17 heavy (non-hydrogen) atoms. The molecule has 0 bridgehead atoms. The van der Waals surface area contributed by atoms with Crippen LogP contribution >= 0.6 is 12.6 Å². The van der Waals surface area contributed by atoms with Crippen molar-refractivity contribution < 1.29 is 9.90 Å². The number of carboxylic acid groups (broad SMARTS) is 1. The number of H-pyrrole nitrogens is 1. The number of aromatic nitrogens is 2. The van der Waals surface area contributed by atoms with E-state index in [2.05, 4.69) is 22.8 Å². The average molecular weight is 248 g/mol. The second-order valence-corrected chi connectivity index (χ2v) is 4.04. The third-order valence-corrected chi connectivity index (χ3v) is 2.65. The molecule has 1 aromatic carbocycles. The Morgan fingerprint density at radius 3 is 3.06 bits per heavy atom. The zero-order chi connectivity index (χ0) is 12.3. The fraction of sp³-hybridized carbons (Fsp3) is 0.167. The lowest BCUT2D eigenvalue weighted by Crippen LogP contribution is -1.96. The van der Waals surface area contributed by atoms with Crippen molar-refractivity contribution >= 4 is 35.6 Å². The van der Waals surface area contributed by atoms with Gasteiger partial charge in [-0.05, 0) is 29.9 Å². The second-order valence-electron chi connectivity index (χ2n) is 3.60. The molecule has 0 fully saturated rings. The number of rotatable bonds is 4. The summed E-state index contributed by atoms with van der Waals surface area (Å²) in [5.74, 6) is -0.224. The van der Waals surface area contributed by atoms with Crippen molar-refractivity contribution in [2.75, 3.05) is 5.75 Å². The minimum Gasteiger partial charge on any atom is -0.476 e. The van der Waals surface area contributed by atoms with E-state index in [9.17, 15) is 4.79 Å². The molecule has 2 aromatic rings. The highest BCUT2D eigenvalue weighted by molar-refractivity contribution is 7.80. The number of thiol groups is 1. The predicted octanol–water partition coefficient (Wildman–Crippen LogP) is 2.59. The maximum atomic E-state index is 10.9. The molecule has 4 nitrogen and oxygen atoms in total. The molecule has 0 saturated carbocycles. The number of carboxylic acids is 1. The SMILES string of the molecule is O=C(O)c1n[nH]c2ccc(C=CCCS)cc12. The summed E-state index contributed by atoms with van der Waals surface area (Å²) in [7, 11) is 0. The summed E-state index contributed by atoms with van der Waals surface area (Å²) >= 11 is 4.12. The summed E-state index contributed by atoms with van der Waals surface area (Å²) in [6, 6.07) is 5.56. The summed E-state index contributed by atoms with van der Waals surface area (Å²) < 4.78 is 0. The highest BCUT2D eigenvalue weighted by Crippen LogP contribution is 2.18.